The number of benzene rings is 1. The zero-order valence-electron chi connectivity index (χ0n) is 11.7. The van der Waals surface area contributed by atoms with Gasteiger partial charge < -0.3 is 10.4 Å². The summed E-state index contributed by atoms with van der Waals surface area (Å²) < 4.78 is 0. The monoisotopic (exact) mass is 296 g/mol. The summed E-state index contributed by atoms with van der Waals surface area (Å²) in [6, 6.07) is 7.47. The van der Waals surface area contributed by atoms with Gasteiger partial charge >= 0.3 is 0 Å². The topological polar surface area (TPSA) is 52.6 Å². The lowest BCUT2D eigenvalue weighted by Crippen LogP contribution is -2.49. The molecule has 0 saturated carbocycles. The highest BCUT2D eigenvalue weighted by Gasteiger charge is 2.29. The van der Waals surface area contributed by atoms with Gasteiger partial charge in [0, 0.05) is 18.1 Å². The SMILES string of the molecule is CC1(O)CCCN(CC(=O)NCc2ccccc2Cl)C1. The molecule has 0 aliphatic carbocycles. The third-order valence-electron chi connectivity index (χ3n) is 3.55. The zero-order chi connectivity index (χ0) is 14.6. The standard InChI is InChI=1S/C15H21ClN2O2/c1-15(20)7-4-8-18(11-15)10-14(19)17-9-12-5-2-3-6-13(12)16/h2-3,5-6,20H,4,7-11H2,1H3,(H,17,19). The van der Waals surface area contributed by atoms with E-state index in [1.54, 1.807) is 0 Å². The van der Waals surface area contributed by atoms with E-state index in [2.05, 4.69) is 5.32 Å². The number of likely N-dealkylation sites (tertiary alicyclic amines) is 1. The number of hydrogen-bond acceptors (Lipinski definition) is 3. The highest BCUT2D eigenvalue weighted by molar-refractivity contribution is 6.31. The smallest absolute Gasteiger partial charge is 0.234 e. The van der Waals surface area contributed by atoms with Gasteiger partial charge in [-0.25, -0.2) is 0 Å². The van der Waals surface area contributed by atoms with Crippen LogP contribution in [-0.4, -0.2) is 41.1 Å². The van der Waals surface area contributed by atoms with Crippen LogP contribution >= 0.6 is 11.6 Å². The van der Waals surface area contributed by atoms with E-state index in [1.807, 2.05) is 36.1 Å². The summed E-state index contributed by atoms with van der Waals surface area (Å²) in [5.74, 6) is -0.0392. The molecule has 0 aromatic heterocycles. The molecule has 2 N–H and O–H groups in total. The fourth-order valence-electron chi connectivity index (χ4n) is 2.55. The van der Waals surface area contributed by atoms with Gasteiger partial charge in [-0.3, -0.25) is 9.69 Å². The Bertz CT molecular complexity index is 477. The lowest BCUT2D eigenvalue weighted by atomic mass is 9.95. The Kier molecular flexibility index (Phi) is 5.02. The van der Waals surface area contributed by atoms with Gasteiger partial charge in [0.25, 0.3) is 0 Å². The molecular weight excluding hydrogens is 276 g/mol. The average Bonchev–Trinajstić information content (AvgIpc) is 2.36. The number of amides is 1. The summed E-state index contributed by atoms with van der Waals surface area (Å²) in [5, 5.41) is 13.5. The molecule has 0 spiro atoms. The van der Waals surface area contributed by atoms with Crippen LogP contribution in [0.2, 0.25) is 5.02 Å². The first kappa shape index (κ1) is 15.3. The van der Waals surface area contributed by atoms with Crippen molar-refractivity contribution in [1.82, 2.24) is 10.2 Å². The van der Waals surface area contributed by atoms with Crippen LogP contribution < -0.4 is 5.32 Å². The molecule has 1 unspecified atom stereocenters. The van der Waals surface area contributed by atoms with Crippen LogP contribution in [-0.2, 0) is 11.3 Å². The second-order valence-corrected chi connectivity index (χ2v) is 6.09. The van der Waals surface area contributed by atoms with E-state index in [1.165, 1.54) is 0 Å². The maximum absolute atomic E-state index is 11.9. The van der Waals surface area contributed by atoms with Crippen molar-refractivity contribution in [1.29, 1.82) is 0 Å². The second kappa shape index (κ2) is 6.57. The van der Waals surface area contributed by atoms with Crippen molar-refractivity contribution in [2.24, 2.45) is 0 Å². The molecule has 20 heavy (non-hydrogen) atoms. The molecule has 110 valence electrons. The van der Waals surface area contributed by atoms with Crippen LogP contribution in [0.3, 0.4) is 0 Å². The number of rotatable bonds is 4. The molecule has 1 aromatic carbocycles. The Balaban J connectivity index is 1.80. The number of nitrogens with one attached hydrogen (secondary N) is 1. The lowest BCUT2D eigenvalue weighted by Gasteiger charge is -2.36. The molecule has 1 heterocycles. The minimum absolute atomic E-state index is 0.0392. The van der Waals surface area contributed by atoms with Crippen LogP contribution in [0.5, 0.6) is 0 Å². The summed E-state index contributed by atoms with van der Waals surface area (Å²) in [6.45, 7) is 3.98. The third-order valence-corrected chi connectivity index (χ3v) is 3.92. The van der Waals surface area contributed by atoms with Gasteiger partial charge in [-0.1, -0.05) is 29.8 Å². The maximum Gasteiger partial charge on any atom is 0.234 e. The van der Waals surface area contributed by atoms with Gasteiger partial charge in [0.15, 0.2) is 0 Å². The van der Waals surface area contributed by atoms with Crippen molar-refractivity contribution in [2.45, 2.75) is 31.9 Å². The normalized spacial score (nSPS) is 23.6. The number of halogens is 1. The number of hydrogen-bond donors (Lipinski definition) is 2. The van der Waals surface area contributed by atoms with Gasteiger partial charge in [-0.15, -0.1) is 0 Å². The van der Waals surface area contributed by atoms with E-state index in [0.29, 0.717) is 24.7 Å². The molecule has 0 radical (unpaired) electrons. The van der Waals surface area contributed by atoms with E-state index >= 15 is 0 Å². The second-order valence-electron chi connectivity index (χ2n) is 5.68. The quantitative estimate of drug-likeness (QED) is 0.891. The first-order chi connectivity index (χ1) is 9.46. The van der Waals surface area contributed by atoms with Gasteiger partial charge in [0.2, 0.25) is 5.91 Å². The van der Waals surface area contributed by atoms with Crippen LogP contribution in [0.15, 0.2) is 24.3 Å². The molecular formula is C15H21ClN2O2. The van der Waals surface area contributed by atoms with Gasteiger partial charge in [0.1, 0.15) is 0 Å². The summed E-state index contributed by atoms with van der Waals surface area (Å²) >= 11 is 6.04. The molecule has 0 bridgehead atoms. The number of nitrogens with zero attached hydrogens (tertiary/aromatic N) is 1. The molecule has 4 nitrogen and oxygen atoms in total. The van der Waals surface area contributed by atoms with Gasteiger partial charge in [-0.2, -0.15) is 0 Å². The van der Waals surface area contributed by atoms with E-state index in [9.17, 15) is 9.90 Å². The highest BCUT2D eigenvalue weighted by Crippen LogP contribution is 2.19. The first-order valence-corrected chi connectivity index (χ1v) is 7.29. The lowest BCUT2D eigenvalue weighted by molar-refractivity contribution is -0.123. The van der Waals surface area contributed by atoms with E-state index in [0.717, 1.165) is 24.9 Å². The Labute approximate surface area is 124 Å². The number of aliphatic hydroxyl groups is 1. The maximum atomic E-state index is 11.9. The Hall–Kier alpha value is -1.10. The minimum Gasteiger partial charge on any atom is -0.389 e. The molecule has 1 amide bonds. The van der Waals surface area contributed by atoms with Crippen molar-refractivity contribution in [3.05, 3.63) is 34.9 Å². The molecule has 1 atom stereocenters. The van der Waals surface area contributed by atoms with Crippen molar-refractivity contribution >= 4 is 17.5 Å². The molecule has 1 aliphatic rings. The predicted molar refractivity (Wildman–Crippen MR) is 79.6 cm³/mol. The average molecular weight is 297 g/mol. The Morgan fingerprint density at radius 2 is 2.25 bits per heavy atom. The number of carbonyl (C=O) groups is 1. The van der Waals surface area contributed by atoms with E-state index in [-0.39, 0.29) is 5.91 Å². The van der Waals surface area contributed by atoms with Crippen LogP contribution in [0.25, 0.3) is 0 Å². The van der Waals surface area contributed by atoms with E-state index in [4.69, 9.17) is 11.6 Å². The highest BCUT2D eigenvalue weighted by atomic mass is 35.5. The molecule has 1 aromatic rings. The van der Waals surface area contributed by atoms with Gasteiger partial charge in [0.05, 0.1) is 12.1 Å². The number of carbonyl (C=O) groups excluding carboxylic acids is 1. The molecule has 1 fully saturated rings. The molecule has 2 rings (SSSR count). The van der Waals surface area contributed by atoms with Crippen molar-refractivity contribution in [2.75, 3.05) is 19.6 Å². The Morgan fingerprint density at radius 3 is 2.95 bits per heavy atom. The fourth-order valence-corrected chi connectivity index (χ4v) is 2.76. The van der Waals surface area contributed by atoms with Crippen molar-refractivity contribution in [3.8, 4) is 0 Å². The first-order valence-electron chi connectivity index (χ1n) is 6.91. The Morgan fingerprint density at radius 1 is 1.50 bits per heavy atom. The largest absolute Gasteiger partial charge is 0.389 e. The van der Waals surface area contributed by atoms with Crippen molar-refractivity contribution in [3.63, 3.8) is 0 Å². The van der Waals surface area contributed by atoms with E-state index < -0.39 is 5.60 Å². The summed E-state index contributed by atoms with van der Waals surface area (Å²) in [5.41, 5.74) is 0.231. The molecule has 1 saturated heterocycles. The van der Waals surface area contributed by atoms with Crippen LogP contribution in [0.4, 0.5) is 0 Å². The summed E-state index contributed by atoms with van der Waals surface area (Å²) in [7, 11) is 0. The third kappa shape index (κ3) is 4.47. The molecule has 1 aliphatic heterocycles. The predicted octanol–water partition coefficient (Wildman–Crippen LogP) is 1.80. The number of piperidine rings is 1. The summed E-state index contributed by atoms with van der Waals surface area (Å²) in [6.07, 6.45) is 1.72. The number of β-amino-alcohol motifs (C(OH)–C–C–N with tert-alkyl or cyclic N) is 1. The van der Waals surface area contributed by atoms with Crippen LogP contribution in [0.1, 0.15) is 25.3 Å². The minimum atomic E-state index is -0.679. The molecule has 5 heteroatoms. The van der Waals surface area contributed by atoms with Crippen LogP contribution in [0, 0.1) is 0 Å². The fraction of sp³-hybridized carbons (Fsp3) is 0.533. The van der Waals surface area contributed by atoms with Crippen molar-refractivity contribution < 1.29 is 9.90 Å². The summed E-state index contributed by atoms with van der Waals surface area (Å²) in [4.78, 5) is 13.9. The zero-order valence-corrected chi connectivity index (χ0v) is 12.5. The van der Waals surface area contributed by atoms with Gasteiger partial charge in [-0.05, 0) is 37.9 Å².